The molecule has 1 saturated heterocycles. The van der Waals surface area contributed by atoms with Gasteiger partial charge in [0.1, 0.15) is 17.7 Å². The van der Waals surface area contributed by atoms with Gasteiger partial charge in [-0.05, 0) is 38.0 Å². The smallest absolute Gasteiger partial charge is 0.248 e. The van der Waals surface area contributed by atoms with Gasteiger partial charge in [-0.1, -0.05) is 11.8 Å². The van der Waals surface area contributed by atoms with Crippen LogP contribution in [0.2, 0.25) is 0 Å². The first-order valence-corrected chi connectivity index (χ1v) is 11.9. The SMILES string of the molecule is Cc1nn([C@H]2CCCN(C(=O)CO)C2)cc1-c1cc(Sc2ncccc2F)c2c(C#N)cnn2c1. The van der Waals surface area contributed by atoms with Gasteiger partial charge in [-0.25, -0.2) is 13.9 Å². The summed E-state index contributed by atoms with van der Waals surface area (Å²) in [5, 5.41) is 28.1. The Hall–Kier alpha value is -3.75. The molecule has 1 atom stereocenters. The third kappa shape index (κ3) is 4.38. The molecular formula is C24H22FN7O2S. The van der Waals surface area contributed by atoms with Crippen LogP contribution < -0.4 is 0 Å². The van der Waals surface area contributed by atoms with Crippen LogP contribution in [0.4, 0.5) is 4.39 Å². The number of likely N-dealkylation sites (tertiary alicyclic amines) is 1. The summed E-state index contributed by atoms with van der Waals surface area (Å²) in [6, 6.07) is 6.93. The van der Waals surface area contributed by atoms with E-state index in [2.05, 4.69) is 16.2 Å². The molecule has 0 aromatic carbocycles. The van der Waals surface area contributed by atoms with E-state index in [0.29, 0.717) is 29.1 Å². The van der Waals surface area contributed by atoms with Crippen molar-refractivity contribution in [1.29, 1.82) is 5.26 Å². The molecule has 0 aliphatic carbocycles. The predicted molar refractivity (Wildman–Crippen MR) is 126 cm³/mol. The molecule has 0 saturated carbocycles. The van der Waals surface area contributed by atoms with E-state index in [1.807, 2.05) is 30.1 Å². The second-order valence-electron chi connectivity index (χ2n) is 8.35. The molecule has 0 unspecified atom stereocenters. The first kappa shape index (κ1) is 23.0. The van der Waals surface area contributed by atoms with Crippen molar-refractivity contribution in [2.45, 2.75) is 35.7 Å². The lowest BCUT2D eigenvalue weighted by Crippen LogP contribution is -2.42. The van der Waals surface area contributed by atoms with Crippen molar-refractivity contribution in [1.82, 2.24) is 29.3 Å². The van der Waals surface area contributed by atoms with E-state index < -0.39 is 12.4 Å². The number of carbonyl (C=O) groups is 1. The van der Waals surface area contributed by atoms with Crippen molar-refractivity contribution >= 4 is 23.2 Å². The van der Waals surface area contributed by atoms with Crippen LogP contribution >= 0.6 is 11.8 Å². The lowest BCUT2D eigenvalue weighted by molar-refractivity contribution is -0.135. The Morgan fingerprint density at radius 1 is 1.40 bits per heavy atom. The van der Waals surface area contributed by atoms with E-state index in [-0.39, 0.29) is 17.0 Å². The number of aliphatic hydroxyl groups excluding tert-OH is 1. The van der Waals surface area contributed by atoms with Crippen molar-refractivity contribution in [2.24, 2.45) is 0 Å². The van der Waals surface area contributed by atoms with Gasteiger partial charge in [-0.3, -0.25) is 9.48 Å². The van der Waals surface area contributed by atoms with Gasteiger partial charge in [0.15, 0.2) is 5.82 Å². The minimum Gasteiger partial charge on any atom is -0.387 e. The molecule has 0 spiro atoms. The van der Waals surface area contributed by atoms with Crippen LogP contribution in [0.15, 0.2) is 52.9 Å². The summed E-state index contributed by atoms with van der Waals surface area (Å²) in [5.74, 6) is -0.720. The Bertz CT molecular complexity index is 1460. The zero-order chi connectivity index (χ0) is 24.5. The predicted octanol–water partition coefficient (Wildman–Crippen LogP) is 3.22. The monoisotopic (exact) mass is 491 g/mol. The second kappa shape index (κ2) is 9.48. The van der Waals surface area contributed by atoms with Crippen LogP contribution in [-0.2, 0) is 4.79 Å². The number of rotatable bonds is 5. The van der Waals surface area contributed by atoms with Crippen LogP contribution in [0.1, 0.15) is 30.1 Å². The molecule has 5 heterocycles. The molecule has 1 fully saturated rings. The number of hydrogen-bond donors (Lipinski definition) is 1. The molecule has 4 aromatic rings. The summed E-state index contributed by atoms with van der Waals surface area (Å²) in [4.78, 5) is 18.4. The average molecular weight is 492 g/mol. The van der Waals surface area contributed by atoms with E-state index in [0.717, 1.165) is 41.4 Å². The highest BCUT2D eigenvalue weighted by molar-refractivity contribution is 7.99. The van der Waals surface area contributed by atoms with Crippen molar-refractivity contribution in [2.75, 3.05) is 19.7 Å². The van der Waals surface area contributed by atoms with Gasteiger partial charge in [0.25, 0.3) is 0 Å². The van der Waals surface area contributed by atoms with Gasteiger partial charge in [0.05, 0.1) is 29.0 Å². The maximum Gasteiger partial charge on any atom is 0.248 e. The van der Waals surface area contributed by atoms with Gasteiger partial charge >= 0.3 is 0 Å². The van der Waals surface area contributed by atoms with Crippen LogP contribution in [0.5, 0.6) is 0 Å². The standard InChI is InChI=1S/C24H22FN7O2S/c1-15-19(13-31(29-15)18-4-3-7-30(12-18)22(34)14-33)16-8-21(35-24-20(25)5-2-6-27-24)23-17(9-26)10-28-32(23)11-16/h2,5-6,8,10-11,13,18,33H,3-4,7,12,14H2,1H3/t18-/m0/s1. The Kier molecular flexibility index (Phi) is 6.23. The van der Waals surface area contributed by atoms with E-state index in [1.165, 1.54) is 24.5 Å². The fourth-order valence-electron chi connectivity index (χ4n) is 4.39. The van der Waals surface area contributed by atoms with E-state index in [9.17, 15) is 19.6 Å². The molecule has 4 aromatic heterocycles. The van der Waals surface area contributed by atoms with E-state index >= 15 is 0 Å². The molecular weight excluding hydrogens is 469 g/mol. The second-order valence-corrected chi connectivity index (χ2v) is 9.38. The first-order chi connectivity index (χ1) is 17.0. The summed E-state index contributed by atoms with van der Waals surface area (Å²) >= 11 is 1.14. The Morgan fingerprint density at radius 2 is 2.26 bits per heavy atom. The Balaban J connectivity index is 1.54. The zero-order valence-corrected chi connectivity index (χ0v) is 19.7. The van der Waals surface area contributed by atoms with Gasteiger partial charge in [0, 0.05) is 47.7 Å². The topological polar surface area (TPSA) is 112 Å². The summed E-state index contributed by atoms with van der Waals surface area (Å²) in [6.45, 7) is 2.53. The molecule has 1 aliphatic heterocycles. The zero-order valence-electron chi connectivity index (χ0n) is 18.9. The third-order valence-electron chi connectivity index (χ3n) is 6.11. The molecule has 0 bridgehead atoms. The van der Waals surface area contributed by atoms with E-state index in [1.54, 1.807) is 9.42 Å². The minimum atomic E-state index is -0.498. The lowest BCUT2D eigenvalue weighted by Gasteiger charge is -2.32. The maximum atomic E-state index is 14.4. The van der Waals surface area contributed by atoms with Crippen LogP contribution in [0.3, 0.4) is 0 Å². The van der Waals surface area contributed by atoms with Crippen LogP contribution in [0, 0.1) is 24.1 Å². The molecule has 1 aliphatic rings. The average Bonchev–Trinajstić information content (AvgIpc) is 3.48. The molecule has 5 rings (SSSR count). The number of amides is 1. The third-order valence-corrected chi connectivity index (χ3v) is 7.14. The summed E-state index contributed by atoms with van der Waals surface area (Å²) in [6.07, 6.45) is 8.49. The molecule has 1 amide bonds. The van der Waals surface area contributed by atoms with Crippen molar-refractivity contribution in [3.63, 3.8) is 0 Å². The normalized spacial score (nSPS) is 15.9. The van der Waals surface area contributed by atoms with Gasteiger partial charge in [-0.2, -0.15) is 15.5 Å². The Labute approximate surface area is 204 Å². The number of aryl methyl sites for hydroxylation is 1. The van der Waals surface area contributed by atoms with Gasteiger partial charge in [-0.15, -0.1) is 0 Å². The minimum absolute atomic E-state index is 0.00165. The molecule has 11 heteroatoms. The lowest BCUT2D eigenvalue weighted by atomic mass is 10.1. The summed E-state index contributed by atoms with van der Waals surface area (Å²) in [7, 11) is 0. The highest BCUT2D eigenvalue weighted by Crippen LogP contribution is 2.37. The Morgan fingerprint density at radius 3 is 3.03 bits per heavy atom. The van der Waals surface area contributed by atoms with Crippen LogP contribution in [-0.4, -0.2) is 60.0 Å². The number of hydrogen-bond acceptors (Lipinski definition) is 7. The molecule has 178 valence electrons. The number of piperidine rings is 1. The molecule has 9 nitrogen and oxygen atoms in total. The number of carbonyl (C=O) groups excluding carboxylic acids is 1. The van der Waals surface area contributed by atoms with Gasteiger partial charge in [0.2, 0.25) is 5.91 Å². The summed E-state index contributed by atoms with van der Waals surface area (Å²) in [5.41, 5.74) is 3.45. The quantitative estimate of drug-likeness (QED) is 0.456. The fraction of sp³-hybridized carbons (Fsp3) is 0.292. The van der Waals surface area contributed by atoms with Gasteiger partial charge < -0.3 is 10.0 Å². The van der Waals surface area contributed by atoms with Crippen molar-refractivity contribution in [3.8, 4) is 17.2 Å². The first-order valence-electron chi connectivity index (χ1n) is 11.1. The van der Waals surface area contributed by atoms with Crippen molar-refractivity contribution in [3.05, 3.63) is 60.1 Å². The molecule has 1 N–H and O–H groups in total. The maximum absolute atomic E-state index is 14.4. The highest BCUT2D eigenvalue weighted by Gasteiger charge is 2.26. The number of aromatic nitrogens is 5. The fourth-order valence-corrected chi connectivity index (χ4v) is 5.36. The van der Waals surface area contributed by atoms with Crippen molar-refractivity contribution < 1.29 is 14.3 Å². The highest BCUT2D eigenvalue weighted by atomic mass is 32.2. The summed E-state index contributed by atoms with van der Waals surface area (Å²) < 4.78 is 17.9. The largest absolute Gasteiger partial charge is 0.387 e. The molecule has 0 radical (unpaired) electrons. The number of fused-ring (bicyclic) bond motifs is 1. The molecule has 35 heavy (non-hydrogen) atoms. The number of pyridine rings is 2. The van der Waals surface area contributed by atoms with Crippen LogP contribution in [0.25, 0.3) is 16.6 Å². The van der Waals surface area contributed by atoms with E-state index in [4.69, 9.17) is 5.10 Å². The number of aliphatic hydroxyl groups is 1. The number of halogens is 1. The number of nitrogens with zero attached hydrogens (tertiary/aromatic N) is 7. The number of nitriles is 1.